The van der Waals surface area contributed by atoms with Gasteiger partial charge < -0.3 is 20.7 Å². The number of rotatable bonds is 5. The summed E-state index contributed by atoms with van der Waals surface area (Å²) in [6.07, 6.45) is 3.84. The second-order valence-electron chi connectivity index (χ2n) is 7.46. The van der Waals surface area contributed by atoms with Crippen molar-refractivity contribution < 1.29 is 14.3 Å². The minimum atomic E-state index is -0.280. The van der Waals surface area contributed by atoms with E-state index in [4.69, 9.17) is 4.74 Å². The highest BCUT2D eigenvalue weighted by molar-refractivity contribution is 5.96. The number of nitrogens with zero attached hydrogens (tertiary/aromatic N) is 1. The lowest BCUT2D eigenvalue weighted by Crippen LogP contribution is -2.31. The molecular formula is C22H26N4O3. The van der Waals surface area contributed by atoms with Crippen LogP contribution in [0.15, 0.2) is 42.5 Å². The van der Waals surface area contributed by atoms with Gasteiger partial charge in [0, 0.05) is 24.8 Å². The molecule has 0 spiro atoms. The first kappa shape index (κ1) is 19.3. The average Bonchev–Trinajstić information content (AvgIpc) is 2.74. The number of urea groups is 1. The Kier molecular flexibility index (Phi) is 5.95. The molecule has 0 aromatic heterocycles. The van der Waals surface area contributed by atoms with E-state index in [9.17, 15) is 9.59 Å². The van der Waals surface area contributed by atoms with Gasteiger partial charge >= 0.3 is 6.03 Å². The zero-order chi connectivity index (χ0) is 20.1. The molecule has 4 rings (SSSR count). The molecule has 2 aromatic rings. The standard InChI is InChI=1S/C22H26N4O3/c27-21-15-29-20-12-18(8-9-19(20)25-21)24-22(28)23-13-16-6-2-3-7-17(16)14-26-10-4-1-5-11-26/h2-3,6-9,12H,1,4-5,10-11,13-15H2,(H,25,27)(H2,23,24,28). The molecule has 29 heavy (non-hydrogen) atoms. The summed E-state index contributed by atoms with van der Waals surface area (Å²) in [5.74, 6) is 0.369. The van der Waals surface area contributed by atoms with Crippen LogP contribution in [0.25, 0.3) is 0 Å². The number of hydrogen-bond donors (Lipinski definition) is 3. The smallest absolute Gasteiger partial charge is 0.319 e. The fourth-order valence-electron chi connectivity index (χ4n) is 3.75. The number of amides is 3. The fraction of sp³-hybridized carbons (Fsp3) is 0.364. The van der Waals surface area contributed by atoms with Crippen molar-refractivity contribution in [2.75, 3.05) is 30.3 Å². The molecule has 1 fully saturated rings. The van der Waals surface area contributed by atoms with Crippen LogP contribution in [0.1, 0.15) is 30.4 Å². The van der Waals surface area contributed by atoms with E-state index >= 15 is 0 Å². The maximum absolute atomic E-state index is 12.4. The van der Waals surface area contributed by atoms with E-state index < -0.39 is 0 Å². The van der Waals surface area contributed by atoms with E-state index in [2.05, 4.69) is 39.0 Å². The number of benzene rings is 2. The Hall–Kier alpha value is -3.06. The zero-order valence-corrected chi connectivity index (χ0v) is 16.4. The van der Waals surface area contributed by atoms with Crippen LogP contribution in [-0.4, -0.2) is 36.5 Å². The van der Waals surface area contributed by atoms with E-state index in [0.717, 1.165) is 25.2 Å². The number of fused-ring (bicyclic) bond motifs is 1. The molecule has 3 amide bonds. The Morgan fingerprint density at radius 1 is 1.07 bits per heavy atom. The lowest BCUT2D eigenvalue weighted by atomic mass is 10.0. The highest BCUT2D eigenvalue weighted by Gasteiger charge is 2.17. The van der Waals surface area contributed by atoms with Crippen molar-refractivity contribution >= 4 is 23.3 Å². The van der Waals surface area contributed by atoms with Gasteiger partial charge in [0.15, 0.2) is 6.61 Å². The van der Waals surface area contributed by atoms with Crippen molar-refractivity contribution in [1.29, 1.82) is 0 Å². The SMILES string of the molecule is O=C1COc2cc(NC(=O)NCc3ccccc3CN3CCCCC3)ccc2N1. The molecule has 2 aliphatic heterocycles. The van der Waals surface area contributed by atoms with Gasteiger partial charge in [0.2, 0.25) is 0 Å². The second-order valence-corrected chi connectivity index (χ2v) is 7.46. The summed E-state index contributed by atoms with van der Waals surface area (Å²) >= 11 is 0. The number of carbonyl (C=O) groups is 2. The van der Waals surface area contributed by atoms with Crippen LogP contribution in [-0.2, 0) is 17.9 Å². The van der Waals surface area contributed by atoms with Crippen molar-refractivity contribution in [3.8, 4) is 5.75 Å². The van der Waals surface area contributed by atoms with Gasteiger partial charge in [0.25, 0.3) is 5.91 Å². The molecule has 152 valence electrons. The summed E-state index contributed by atoms with van der Waals surface area (Å²) in [5.41, 5.74) is 3.61. The predicted octanol–water partition coefficient (Wildman–Crippen LogP) is 3.33. The van der Waals surface area contributed by atoms with Crippen LogP contribution in [0.4, 0.5) is 16.2 Å². The molecule has 0 saturated carbocycles. The summed E-state index contributed by atoms with van der Waals surface area (Å²) in [4.78, 5) is 26.2. The molecule has 2 aliphatic rings. The van der Waals surface area contributed by atoms with Crippen molar-refractivity contribution in [2.45, 2.75) is 32.4 Å². The lowest BCUT2D eigenvalue weighted by molar-refractivity contribution is -0.118. The van der Waals surface area contributed by atoms with Gasteiger partial charge in [-0.25, -0.2) is 4.79 Å². The molecule has 0 bridgehead atoms. The van der Waals surface area contributed by atoms with Crippen LogP contribution < -0.4 is 20.7 Å². The lowest BCUT2D eigenvalue weighted by Gasteiger charge is -2.27. The number of likely N-dealkylation sites (tertiary alicyclic amines) is 1. The number of ether oxygens (including phenoxy) is 1. The van der Waals surface area contributed by atoms with Crippen molar-refractivity contribution in [3.63, 3.8) is 0 Å². The quantitative estimate of drug-likeness (QED) is 0.727. The molecule has 3 N–H and O–H groups in total. The van der Waals surface area contributed by atoms with Crippen molar-refractivity contribution in [2.24, 2.45) is 0 Å². The van der Waals surface area contributed by atoms with Crippen LogP contribution >= 0.6 is 0 Å². The molecular weight excluding hydrogens is 368 g/mol. The molecule has 2 aromatic carbocycles. The molecule has 0 unspecified atom stereocenters. The first-order chi connectivity index (χ1) is 14.2. The largest absolute Gasteiger partial charge is 0.482 e. The van der Waals surface area contributed by atoms with E-state index in [1.54, 1.807) is 18.2 Å². The van der Waals surface area contributed by atoms with E-state index in [-0.39, 0.29) is 18.5 Å². The molecule has 0 atom stereocenters. The second kappa shape index (κ2) is 8.96. The van der Waals surface area contributed by atoms with Gasteiger partial charge in [-0.1, -0.05) is 30.7 Å². The fourth-order valence-corrected chi connectivity index (χ4v) is 3.75. The van der Waals surface area contributed by atoms with E-state index in [1.807, 2.05) is 6.07 Å². The Morgan fingerprint density at radius 2 is 1.86 bits per heavy atom. The average molecular weight is 394 g/mol. The summed E-state index contributed by atoms with van der Waals surface area (Å²) < 4.78 is 5.39. The van der Waals surface area contributed by atoms with Gasteiger partial charge in [-0.15, -0.1) is 0 Å². The molecule has 2 heterocycles. The summed E-state index contributed by atoms with van der Waals surface area (Å²) in [7, 11) is 0. The maximum atomic E-state index is 12.4. The van der Waals surface area contributed by atoms with Crippen molar-refractivity contribution in [3.05, 3.63) is 53.6 Å². The van der Waals surface area contributed by atoms with Gasteiger partial charge in [0.05, 0.1) is 5.69 Å². The van der Waals surface area contributed by atoms with E-state index in [0.29, 0.717) is 23.7 Å². The van der Waals surface area contributed by atoms with Gasteiger partial charge in [-0.3, -0.25) is 9.69 Å². The Labute approximate surface area is 170 Å². The summed E-state index contributed by atoms with van der Waals surface area (Å²) in [6, 6.07) is 13.1. The summed E-state index contributed by atoms with van der Waals surface area (Å²) in [6.45, 7) is 3.66. The number of hydrogen-bond acceptors (Lipinski definition) is 4. The molecule has 7 nitrogen and oxygen atoms in total. The Morgan fingerprint density at radius 3 is 2.69 bits per heavy atom. The molecule has 0 radical (unpaired) electrons. The van der Waals surface area contributed by atoms with Gasteiger partial charge in [-0.05, 0) is 49.2 Å². The monoisotopic (exact) mass is 394 g/mol. The van der Waals surface area contributed by atoms with Crippen LogP contribution in [0.2, 0.25) is 0 Å². The van der Waals surface area contributed by atoms with Crippen molar-refractivity contribution in [1.82, 2.24) is 10.2 Å². The predicted molar refractivity (Wildman–Crippen MR) is 112 cm³/mol. The number of nitrogens with one attached hydrogen (secondary N) is 3. The topological polar surface area (TPSA) is 82.7 Å². The minimum Gasteiger partial charge on any atom is -0.482 e. The maximum Gasteiger partial charge on any atom is 0.319 e. The molecule has 0 aliphatic carbocycles. The van der Waals surface area contributed by atoms with Gasteiger partial charge in [-0.2, -0.15) is 0 Å². The third-order valence-corrected chi connectivity index (χ3v) is 5.27. The van der Waals surface area contributed by atoms with Crippen LogP contribution in [0.3, 0.4) is 0 Å². The third kappa shape index (κ3) is 5.06. The minimum absolute atomic E-state index is 0.0174. The Balaban J connectivity index is 1.33. The van der Waals surface area contributed by atoms with Crippen LogP contribution in [0, 0.1) is 0 Å². The number of anilines is 2. The number of carbonyl (C=O) groups excluding carboxylic acids is 2. The highest BCUT2D eigenvalue weighted by Crippen LogP contribution is 2.30. The third-order valence-electron chi connectivity index (χ3n) is 5.27. The summed E-state index contributed by atoms with van der Waals surface area (Å²) in [5, 5.41) is 8.48. The van der Waals surface area contributed by atoms with Crippen LogP contribution in [0.5, 0.6) is 5.75 Å². The Bertz CT molecular complexity index is 893. The normalized spacial score (nSPS) is 16.3. The first-order valence-corrected chi connectivity index (χ1v) is 10.1. The first-order valence-electron chi connectivity index (χ1n) is 10.1. The molecule has 1 saturated heterocycles. The van der Waals surface area contributed by atoms with Gasteiger partial charge in [0.1, 0.15) is 5.75 Å². The highest BCUT2D eigenvalue weighted by atomic mass is 16.5. The zero-order valence-electron chi connectivity index (χ0n) is 16.4. The van der Waals surface area contributed by atoms with E-state index in [1.165, 1.54) is 24.8 Å². The number of piperidine rings is 1. The molecule has 7 heteroatoms.